The van der Waals surface area contributed by atoms with Crippen LogP contribution in [0.3, 0.4) is 0 Å². The molecule has 0 bridgehead atoms. The molecular weight excluding hydrogens is 256 g/mol. The van der Waals surface area contributed by atoms with E-state index in [1.165, 1.54) is 6.07 Å². The highest BCUT2D eigenvalue weighted by molar-refractivity contribution is 5.82. The molecule has 0 radical (unpaired) electrons. The first kappa shape index (κ1) is 12.3. The molecule has 3 aromatic rings. The Bertz CT molecular complexity index is 823. The van der Waals surface area contributed by atoms with E-state index >= 15 is 0 Å². The van der Waals surface area contributed by atoms with E-state index in [-0.39, 0.29) is 5.69 Å². The Morgan fingerprint density at radius 3 is 2.85 bits per heavy atom. The summed E-state index contributed by atoms with van der Waals surface area (Å²) in [7, 11) is 3.80. The van der Waals surface area contributed by atoms with Crippen molar-refractivity contribution in [3.05, 3.63) is 52.8 Å². The number of rotatable bonds is 2. The fourth-order valence-electron chi connectivity index (χ4n) is 2.27. The fourth-order valence-corrected chi connectivity index (χ4v) is 2.27. The molecule has 0 atom stereocenters. The number of aromatic nitrogens is 3. The van der Waals surface area contributed by atoms with Crippen LogP contribution in [0.15, 0.2) is 42.7 Å². The van der Waals surface area contributed by atoms with Crippen molar-refractivity contribution in [2.45, 2.75) is 0 Å². The Morgan fingerprint density at radius 1 is 1.35 bits per heavy atom. The Balaban J connectivity index is 2.23. The summed E-state index contributed by atoms with van der Waals surface area (Å²) < 4.78 is 3.81. The number of nitro benzene ring substituents is 1. The van der Waals surface area contributed by atoms with Crippen LogP contribution in [0.4, 0.5) is 5.69 Å². The Morgan fingerprint density at radius 2 is 2.15 bits per heavy atom. The lowest BCUT2D eigenvalue weighted by atomic mass is 10.2. The average molecular weight is 269 g/mol. The largest absolute Gasteiger partial charge is 0.327 e. The van der Waals surface area contributed by atoms with Crippen molar-refractivity contribution in [3.63, 3.8) is 0 Å². The standard InChI is InChI=1S/C14H13N4O2/c1-16-7-3-4-10(9-16)14-15-12-6-5-11(18(19)20)8-13(12)17(14)2/h3-9H,1-2H3/q+1. The maximum absolute atomic E-state index is 10.8. The minimum atomic E-state index is -0.394. The number of fused-ring (bicyclic) bond motifs is 1. The highest BCUT2D eigenvalue weighted by atomic mass is 16.6. The van der Waals surface area contributed by atoms with Gasteiger partial charge in [0.2, 0.25) is 0 Å². The molecule has 0 saturated carbocycles. The van der Waals surface area contributed by atoms with Gasteiger partial charge in [-0.3, -0.25) is 10.1 Å². The van der Waals surface area contributed by atoms with E-state index in [1.807, 2.05) is 47.8 Å². The van der Waals surface area contributed by atoms with E-state index in [0.29, 0.717) is 0 Å². The fraction of sp³-hybridized carbons (Fsp3) is 0.143. The molecule has 6 heteroatoms. The van der Waals surface area contributed by atoms with Crippen LogP contribution in [0.5, 0.6) is 0 Å². The zero-order valence-electron chi connectivity index (χ0n) is 11.1. The molecule has 2 aromatic heterocycles. The Kier molecular flexibility index (Phi) is 2.71. The van der Waals surface area contributed by atoms with E-state index in [9.17, 15) is 10.1 Å². The third kappa shape index (κ3) is 1.91. The zero-order chi connectivity index (χ0) is 14.3. The first-order valence-corrected chi connectivity index (χ1v) is 6.13. The van der Waals surface area contributed by atoms with Gasteiger partial charge in [0.05, 0.1) is 21.5 Å². The number of pyridine rings is 1. The summed E-state index contributed by atoms with van der Waals surface area (Å²) in [6.07, 6.45) is 3.91. The van der Waals surface area contributed by atoms with Crippen molar-refractivity contribution in [3.8, 4) is 11.4 Å². The average Bonchev–Trinajstić information content (AvgIpc) is 2.76. The number of aryl methyl sites for hydroxylation is 2. The zero-order valence-corrected chi connectivity index (χ0v) is 11.1. The lowest BCUT2D eigenvalue weighted by Gasteiger charge is -2.00. The second-order valence-corrected chi connectivity index (χ2v) is 4.68. The van der Waals surface area contributed by atoms with Crippen molar-refractivity contribution in [1.29, 1.82) is 0 Å². The SMILES string of the molecule is Cn1c(-c2ccc[n+](C)c2)nc2ccc([N+](=O)[O-])cc21. The molecule has 0 unspecified atom stereocenters. The Hall–Kier alpha value is -2.76. The molecule has 1 aromatic carbocycles. The van der Waals surface area contributed by atoms with Gasteiger partial charge in [0.15, 0.2) is 12.4 Å². The van der Waals surface area contributed by atoms with Gasteiger partial charge in [-0.2, -0.15) is 0 Å². The first-order chi connectivity index (χ1) is 9.56. The van der Waals surface area contributed by atoms with Crippen molar-refractivity contribution >= 4 is 16.7 Å². The van der Waals surface area contributed by atoms with Crippen LogP contribution >= 0.6 is 0 Å². The van der Waals surface area contributed by atoms with Crippen LogP contribution in [0.2, 0.25) is 0 Å². The summed E-state index contributed by atoms with van der Waals surface area (Å²) in [5, 5.41) is 10.8. The molecule has 0 N–H and O–H groups in total. The number of imidazole rings is 1. The smallest absolute Gasteiger partial charge is 0.271 e. The molecule has 3 rings (SSSR count). The second-order valence-electron chi connectivity index (χ2n) is 4.68. The number of nitro groups is 1. The van der Waals surface area contributed by atoms with Gasteiger partial charge in [0.1, 0.15) is 12.9 Å². The quantitative estimate of drug-likeness (QED) is 0.406. The number of benzene rings is 1. The highest BCUT2D eigenvalue weighted by Crippen LogP contribution is 2.25. The third-order valence-electron chi connectivity index (χ3n) is 3.27. The first-order valence-electron chi connectivity index (χ1n) is 6.13. The molecule has 0 aliphatic carbocycles. The van der Waals surface area contributed by atoms with Crippen LogP contribution in [0.1, 0.15) is 0 Å². The van der Waals surface area contributed by atoms with Crippen molar-refractivity contribution in [2.24, 2.45) is 14.1 Å². The monoisotopic (exact) mass is 269 g/mol. The molecule has 0 amide bonds. The molecule has 0 fully saturated rings. The summed E-state index contributed by atoms with van der Waals surface area (Å²) in [6.45, 7) is 0. The minimum absolute atomic E-state index is 0.0747. The molecule has 6 nitrogen and oxygen atoms in total. The predicted molar refractivity (Wildman–Crippen MR) is 74.0 cm³/mol. The molecule has 0 spiro atoms. The Labute approximate surface area is 115 Å². The van der Waals surface area contributed by atoms with E-state index in [2.05, 4.69) is 4.98 Å². The van der Waals surface area contributed by atoms with Crippen LogP contribution in [-0.2, 0) is 14.1 Å². The van der Waals surface area contributed by atoms with Crippen molar-refractivity contribution < 1.29 is 9.49 Å². The molecule has 0 saturated heterocycles. The van der Waals surface area contributed by atoms with E-state index in [4.69, 9.17) is 0 Å². The summed E-state index contributed by atoms with van der Waals surface area (Å²) >= 11 is 0. The van der Waals surface area contributed by atoms with Gasteiger partial charge in [-0.25, -0.2) is 9.55 Å². The summed E-state index contributed by atoms with van der Waals surface area (Å²) in [5.74, 6) is 0.789. The van der Waals surface area contributed by atoms with Crippen LogP contribution in [0.25, 0.3) is 22.4 Å². The maximum Gasteiger partial charge on any atom is 0.271 e. The lowest BCUT2D eigenvalue weighted by Crippen LogP contribution is -2.26. The minimum Gasteiger partial charge on any atom is -0.327 e. The van der Waals surface area contributed by atoms with Gasteiger partial charge in [0, 0.05) is 25.2 Å². The predicted octanol–water partition coefficient (Wildman–Crippen LogP) is 1.97. The van der Waals surface area contributed by atoms with Gasteiger partial charge >= 0.3 is 0 Å². The van der Waals surface area contributed by atoms with Crippen LogP contribution < -0.4 is 4.57 Å². The van der Waals surface area contributed by atoms with Gasteiger partial charge in [-0.15, -0.1) is 0 Å². The van der Waals surface area contributed by atoms with E-state index in [1.54, 1.807) is 12.1 Å². The molecule has 100 valence electrons. The molecule has 0 aliphatic rings. The topological polar surface area (TPSA) is 64.8 Å². The second kappa shape index (κ2) is 4.41. The van der Waals surface area contributed by atoms with E-state index < -0.39 is 4.92 Å². The molecule has 0 aliphatic heterocycles. The third-order valence-corrected chi connectivity index (χ3v) is 3.27. The van der Waals surface area contributed by atoms with Gasteiger partial charge in [0.25, 0.3) is 5.69 Å². The molecule has 2 heterocycles. The van der Waals surface area contributed by atoms with Crippen molar-refractivity contribution in [2.75, 3.05) is 0 Å². The van der Waals surface area contributed by atoms with E-state index in [0.717, 1.165) is 22.4 Å². The lowest BCUT2D eigenvalue weighted by molar-refractivity contribution is -0.671. The van der Waals surface area contributed by atoms with Gasteiger partial charge < -0.3 is 4.57 Å². The number of non-ortho nitro benzene ring substituents is 1. The van der Waals surface area contributed by atoms with Crippen LogP contribution in [0, 0.1) is 10.1 Å². The van der Waals surface area contributed by atoms with Gasteiger partial charge in [-0.1, -0.05) is 0 Å². The van der Waals surface area contributed by atoms with Crippen molar-refractivity contribution in [1.82, 2.24) is 9.55 Å². The summed E-state index contributed by atoms with van der Waals surface area (Å²) in [4.78, 5) is 15.0. The number of hydrogen-bond donors (Lipinski definition) is 0. The molecule has 20 heavy (non-hydrogen) atoms. The van der Waals surface area contributed by atoms with Gasteiger partial charge in [-0.05, 0) is 12.1 Å². The number of hydrogen-bond acceptors (Lipinski definition) is 3. The summed E-state index contributed by atoms with van der Waals surface area (Å²) in [6, 6.07) is 8.62. The molecular formula is C14H13N4O2+. The summed E-state index contributed by atoms with van der Waals surface area (Å²) in [5.41, 5.74) is 2.54. The normalized spacial score (nSPS) is 10.9. The maximum atomic E-state index is 10.8. The highest BCUT2D eigenvalue weighted by Gasteiger charge is 2.15. The van der Waals surface area contributed by atoms with Crippen LogP contribution in [-0.4, -0.2) is 14.5 Å². The number of nitrogens with zero attached hydrogens (tertiary/aromatic N) is 4.